The molecule has 0 aromatic heterocycles. The molecule has 2 fully saturated rings. The van der Waals surface area contributed by atoms with Crippen molar-refractivity contribution >= 4 is 0 Å². The van der Waals surface area contributed by atoms with Gasteiger partial charge in [0.25, 0.3) is 0 Å². The summed E-state index contributed by atoms with van der Waals surface area (Å²) in [4.78, 5) is 0. The molecule has 0 aliphatic heterocycles. The predicted octanol–water partition coefficient (Wildman–Crippen LogP) is 6.30. The van der Waals surface area contributed by atoms with Crippen LogP contribution in [0.15, 0.2) is 0 Å². The minimum Gasteiger partial charge on any atom is -0.0654 e. The van der Waals surface area contributed by atoms with E-state index in [1.807, 2.05) is 5.92 Å². The molecule has 0 heteroatoms. The molecule has 1 radical (unpaired) electrons. The highest BCUT2D eigenvalue weighted by Gasteiger charge is 2.42. The first-order valence-electron chi connectivity index (χ1n) is 8.67. The highest BCUT2D eigenvalue weighted by atomic mass is 14.5. The maximum atomic E-state index is 2.47. The monoisotopic (exact) mass is 249 g/mol. The third kappa shape index (κ3) is 3.11. The van der Waals surface area contributed by atoms with E-state index < -0.39 is 0 Å². The molecule has 0 nitrogen and oxygen atoms in total. The van der Waals surface area contributed by atoms with E-state index in [2.05, 4.69) is 13.8 Å². The van der Waals surface area contributed by atoms with Gasteiger partial charge in [-0.2, -0.15) is 0 Å². The smallest absolute Gasteiger partial charge is 0.0205 e. The summed E-state index contributed by atoms with van der Waals surface area (Å²) in [5, 5.41) is 0. The largest absolute Gasteiger partial charge is 0.0654 e. The van der Waals surface area contributed by atoms with Crippen LogP contribution in [0.4, 0.5) is 0 Å². The zero-order valence-electron chi connectivity index (χ0n) is 12.8. The SMILES string of the molecule is CCCC[C]1CCCCC1C1(CC)CCCCC1. The fraction of sp³-hybridized carbons (Fsp3) is 0.944. The first-order chi connectivity index (χ1) is 8.82. The Bertz CT molecular complexity index is 224. The fourth-order valence-corrected chi connectivity index (χ4v) is 4.73. The lowest BCUT2D eigenvalue weighted by Crippen LogP contribution is -2.37. The predicted molar refractivity (Wildman–Crippen MR) is 80.5 cm³/mol. The Hall–Kier alpha value is 0. The maximum Gasteiger partial charge on any atom is -0.0205 e. The van der Waals surface area contributed by atoms with Gasteiger partial charge in [-0.1, -0.05) is 65.2 Å². The molecule has 2 saturated carbocycles. The highest BCUT2D eigenvalue weighted by Crippen LogP contribution is 2.54. The average Bonchev–Trinajstić information content (AvgIpc) is 2.46. The van der Waals surface area contributed by atoms with Gasteiger partial charge in [-0.3, -0.25) is 0 Å². The van der Waals surface area contributed by atoms with Crippen LogP contribution < -0.4 is 0 Å². The van der Waals surface area contributed by atoms with Crippen molar-refractivity contribution in [3.05, 3.63) is 5.92 Å². The molecule has 2 rings (SSSR count). The summed E-state index contributed by atoms with van der Waals surface area (Å²) in [5.41, 5.74) is 0.724. The number of hydrogen-bond donors (Lipinski definition) is 0. The van der Waals surface area contributed by atoms with Crippen LogP contribution in [-0.4, -0.2) is 0 Å². The lowest BCUT2D eigenvalue weighted by atomic mass is 9.56. The Morgan fingerprint density at radius 1 is 1.00 bits per heavy atom. The van der Waals surface area contributed by atoms with Gasteiger partial charge < -0.3 is 0 Å². The van der Waals surface area contributed by atoms with E-state index in [9.17, 15) is 0 Å². The van der Waals surface area contributed by atoms with Crippen LogP contribution in [0.25, 0.3) is 0 Å². The van der Waals surface area contributed by atoms with Crippen LogP contribution in [0, 0.1) is 17.3 Å². The van der Waals surface area contributed by atoms with Crippen LogP contribution in [0.2, 0.25) is 0 Å². The van der Waals surface area contributed by atoms with Crippen molar-refractivity contribution in [3.8, 4) is 0 Å². The summed E-state index contributed by atoms with van der Waals surface area (Å²) in [5.74, 6) is 2.98. The second-order valence-corrected chi connectivity index (χ2v) is 6.84. The highest BCUT2D eigenvalue weighted by molar-refractivity contribution is 5.07. The zero-order chi connectivity index (χ0) is 12.8. The molecule has 2 aliphatic rings. The van der Waals surface area contributed by atoms with E-state index in [1.165, 1.54) is 83.5 Å². The Morgan fingerprint density at radius 3 is 2.44 bits per heavy atom. The van der Waals surface area contributed by atoms with Crippen molar-refractivity contribution in [1.29, 1.82) is 0 Å². The molecular weight excluding hydrogens is 216 g/mol. The Morgan fingerprint density at radius 2 is 1.78 bits per heavy atom. The van der Waals surface area contributed by atoms with Gasteiger partial charge in [0.1, 0.15) is 0 Å². The van der Waals surface area contributed by atoms with Crippen molar-refractivity contribution in [2.45, 2.75) is 97.3 Å². The second kappa shape index (κ2) is 6.96. The normalized spacial score (nSPS) is 29.3. The molecule has 0 N–H and O–H groups in total. The molecule has 0 aromatic carbocycles. The third-order valence-electron chi connectivity index (χ3n) is 5.88. The van der Waals surface area contributed by atoms with Crippen molar-refractivity contribution in [2.24, 2.45) is 11.3 Å². The molecule has 1 unspecified atom stereocenters. The van der Waals surface area contributed by atoms with Crippen LogP contribution in [-0.2, 0) is 0 Å². The topological polar surface area (TPSA) is 0 Å². The summed E-state index contributed by atoms with van der Waals surface area (Å²) in [6.45, 7) is 4.81. The Labute approximate surface area is 115 Å². The van der Waals surface area contributed by atoms with Crippen molar-refractivity contribution < 1.29 is 0 Å². The summed E-state index contributed by atoms with van der Waals surface area (Å²) in [6, 6.07) is 0. The lowest BCUT2D eigenvalue weighted by molar-refractivity contribution is 0.0735. The van der Waals surface area contributed by atoms with Gasteiger partial charge in [-0.15, -0.1) is 0 Å². The van der Waals surface area contributed by atoms with E-state index >= 15 is 0 Å². The fourth-order valence-electron chi connectivity index (χ4n) is 4.73. The molecule has 0 spiro atoms. The quantitative estimate of drug-likeness (QED) is 0.536. The second-order valence-electron chi connectivity index (χ2n) is 6.84. The van der Waals surface area contributed by atoms with Crippen molar-refractivity contribution in [3.63, 3.8) is 0 Å². The van der Waals surface area contributed by atoms with Crippen molar-refractivity contribution in [2.75, 3.05) is 0 Å². The van der Waals surface area contributed by atoms with Gasteiger partial charge in [0.2, 0.25) is 0 Å². The summed E-state index contributed by atoms with van der Waals surface area (Å²) in [6.07, 6.45) is 19.2. The van der Waals surface area contributed by atoms with Crippen LogP contribution >= 0.6 is 0 Å². The molecule has 2 aliphatic carbocycles. The van der Waals surface area contributed by atoms with Gasteiger partial charge >= 0.3 is 0 Å². The molecule has 105 valence electrons. The summed E-state index contributed by atoms with van der Waals surface area (Å²) in [7, 11) is 0. The standard InChI is InChI=1S/C18H33/c1-3-5-11-16-12-7-8-13-17(16)18(4-2)14-9-6-10-15-18/h17H,3-15H2,1-2H3. The van der Waals surface area contributed by atoms with Crippen molar-refractivity contribution in [1.82, 2.24) is 0 Å². The van der Waals surface area contributed by atoms with E-state index in [4.69, 9.17) is 0 Å². The van der Waals surface area contributed by atoms with E-state index in [1.54, 1.807) is 0 Å². The molecule has 0 bridgehead atoms. The minimum absolute atomic E-state index is 0.724. The van der Waals surface area contributed by atoms with E-state index in [0.717, 1.165) is 11.3 Å². The Kier molecular flexibility index (Phi) is 5.57. The van der Waals surface area contributed by atoms with Gasteiger partial charge in [0.05, 0.1) is 0 Å². The Balaban J connectivity index is 2.05. The van der Waals surface area contributed by atoms with E-state index in [-0.39, 0.29) is 0 Å². The van der Waals surface area contributed by atoms with Crippen LogP contribution in [0.5, 0.6) is 0 Å². The maximum absolute atomic E-state index is 2.47. The first kappa shape index (κ1) is 14.4. The van der Waals surface area contributed by atoms with Crippen LogP contribution in [0.3, 0.4) is 0 Å². The summed E-state index contributed by atoms with van der Waals surface area (Å²) >= 11 is 0. The molecule has 0 saturated heterocycles. The summed E-state index contributed by atoms with van der Waals surface area (Å²) < 4.78 is 0. The van der Waals surface area contributed by atoms with Crippen LogP contribution in [0.1, 0.15) is 97.3 Å². The number of hydrogen-bond acceptors (Lipinski definition) is 0. The third-order valence-corrected chi connectivity index (χ3v) is 5.88. The lowest BCUT2D eigenvalue weighted by Gasteiger charge is -2.48. The molecule has 0 heterocycles. The van der Waals surface area contributed by atoms with Gasteiger partial charge in [0.15, 0.2) is 0 Å². The first-order valence-corrected chi connectivity index (χ1v) is 8.67. The van der Waals surface area contributed by atoms with Gasteiger partial charge in [-0.25, -0.2) is 0 Å². The molecule has 0 amide bonds. The molecular formula is C18H33. The minimum atomic E-state index is 0.724. The molecule has 18 heavy (non-hydrogen) atoms. The number of unbranched alkanes of at least 4 members (excludes halogenated alkanes) is 1. The zero-order valence-corrected chi connectivity index (χ0v) is 12.8. The average molecular weight is 249 g/mol. The van der Waals surface area contributed by atoms with E-state index in [0.29, 0.717) is 0 Å². The molecule has 1 atom stereocenters. The number of rotatable bonds is 5. The molecule has 0 aromatic rings. The van der Waals surface area contributed by atoms with Gasteiger partial charge in [-0.05, 0) is 49.4 Å². The van der Waals surface area contributed by atoms with Gasteiger partial charge in [0, 0.05) is 0 Å².